The van der Waals surface area contributed by atoms with Crippen LogP contribution in [0.5, 0.6) is 0 Å². The summed E-state index contributed by atoms with van der Waals surface area (Å²) in [6.45, 7) is 0.496. The highest BCUT2D eigenvalue weighted by atomic mass is 32.1. The molecule has 4 aromatic rings. The second kappa shape index (κ2) is 8.18. The van der Waals surface area contributed by atoms with E-state index in [4.69, 9.17) is 4.42 Å². The van der Waals surface area contributed by atoms with Gasteiger partial charge >= 0.3 is 0 Å². The molecule has 0 aliphatic heterocycles. The number of aryl methyl sites for hydroxylation is 1. The molecule has 0 N–H and O–H groups in total. The molecule has 7 nitrogen and oxygen atoms in total. The SMILES string of the molecule is CN(Cc1cnn(-c2ccccc2)c1)C(=O)CCc1nnc(-c2ccsc2)o1. The third-order valence-electron chi connectivity index (χ3n) is 4.29. The van der Waals surface area contributed by atoms with Crippen LogP contribution in [0.3, 0.4) is 0 Å². The molecule has 0 bridgehead atoms. The molecule has 142 valence electrons. The van der Waals surface area contributed by atoms with Crippen LogP contribution in [0.15, 0.2) is 64.0 Å². The van der Waals surface area contributed by atoms with E-state index in [2.05, 4.69) is 15.3 Å². The predicted octanol–water partition coefficient (Wildman–Crippen LogP) is 3.58. The zero-order chi connectivity index (χ0) is 19.3. The molecule has 0 aliphatic rings. The number of aromatic nitrogens is 4. The van der Waals surface area contributed by atoms with Crippen molar-refractivity contribution in [2.75, 3.05) is 7.05 Å². The van der Waals surface area contributed by atoms with Gasteiger partial charge in [0.15, 0.2) is 0 Å². The van der Waals surface area contributed by atoms with Crippen LogP contribution in [-0.4, -0.2) is 37.8 Å². The summed E-state index contributed by atoms with van der Waals surface area (Å²) in [5.41, 5.74) is 2.86. The molecule has 4 rings (SSSR count). The third kappa shape index (κ3) is 4.17. The number of carbonyl (C=O) groups is 1. The number of thiophene rings is 1. The van der Waals surface area contributed by atoms with E-state index in [9.17, 15) is 4.79 Å². The Morgan fingerprint density at radius 1 is 1.21 bits per heavy atom. The number of nitrogens with zero attached hydrogens (tertiary/aromatic N) is 5. The fourth-order valence-electron chi connectivity index (χ4n) is 2.79. The first-order valence-electron chi connectivity index (χ1n) is 8.87. The van der Waals surface area contributed by atoms with Crippen LogP contribution >= 0.6 is 11.3 Å². The van der Waals surface area contributed by atoms with E-state index < -0.39 is 0 Å². The van der Waals surface area contributed by atoms with Gasteiger partial charge in [0.05, 0.1) is 11.9 Å². The van der Waals surface area contributed by atoms with Gasteiger partial charge in [0.2, 0.25) is 17.7 Å². The Morgan fingerprint density at radius 2 is 2.07 bits per heavy atom. The first kappa shape index (κ1) is 18.1. The number of rotatable bonds is 7. The van der Waals surface area contributed by atoms with E-state index in [0.29, 0.717) is 31.2 Å². The summed E-state index contributed by atoms with van der Waals surface area (Å²) < 4.78 is 7.43. The van der Waals surface area contributed by atoms with Gasteiger partial charge in [-0.15, -0.1) is 10.2 Å². The maximum Gasteiger partial charge on any atom is 0.248 e. The van der Waals surface area contributed by atoms with E-state index in [1.54, 1.807) is 34.2 Å². The maximum absolute atomic E-state index is 12.4. The lowest BCUT2D eigenvalue weighted by atomic mass is 10.2. The van der Waals surface area contributed by atoms with Crippen LogP contribution in [0, 0.1) is 0 Å². The summed E-state index contributed by atoms with van der Waals surface area (Å²) >= 11 is 1.57. The first-order valence-corrected chi connectivity index (χ1v) is 9.81. The fourth-order valence-corrected chi connectivity index (χ4v) is 3.42. The number of hydrogen-bond donors (Lipinski definition) is 0. The lowest BCUT2D eigenvalue weighted by molar-refractivity contribution is -0.130. The quantitative estimate of drug-likeness (QED) is 0.480. The summed E-state index contributed by atoms with van der Waals surface area (Å²) in [5, 5.41) is 16.3. The Labute approximate surface area is 166 Å². The van der Waals surface area contributed by atoms with Crippen LogP contribution in [0.25, 0.3) is 17.1 Å². The van der Waals surface area contributed by atoms with Gasteiger partial charge in [0, 0.05) is 49.1 Å². The van der Waals surface area contributed by atoms with Gasteiger partial charge in [-0.2, -0.15) is 16.4 Å². The second-order valence-electron chi connectivity index (χ2n) is 6.39. The van der Waals surface area contributed by atoms with E-state index in [0.717, 1.165) is 16.8 Å². The molecule has 0 radical (unpaired) electrons. The Kier molecular flexibility index (Phi) is 5.29. The van der Waals surface area contributed by atoms with Crippen molar-refractivity contribution < 1.29 is 9.21 Å². The van der Waals surface area contributed by atoms with E-state index in [1.165, 1.54) is 0 Å². The van der Waals surface area contributed by atoms with Crippen molar-refractivity contribution in [2.45, 2.75) is 19.4 Å². The molecule has 0 aliphatic carbocycles. The number of hydrogen-bond acceptors (Lipinski definition) is 6. The number of para-hydroxylation sites is 1. The minimum atomic E-state index is 0.0164. The van der Waals surface area contributed by atoms with Gasteiger partial charge in [-0.05, 0) is 23.6 Å². The first-order chi connectivity index (χ1) is 13.7. The maximum atomic E-state index is 12.4. The molecular formula is C20H19N5O2S. The average molecular weight is 393 g/mol. The number of benzene rings is 1. The van der Waals surface area contributed by atoms with Crippen molar-refractivity contribution in [3.8, 4) is 17.1 Å². The van der Waals surface area contributed by atoms with Crippen LogP contribution < -0.4 is 0 Å². The minimum Gasteiger partial charge on any atom is -0.421 e. The summed E-state index contributed by atoms with van der Waals surface area (Å²) in [6.07, 6.45) is 4.45. The van der Waals surface area contributed by atoms with Crippen molar-refractivity contribution in [2.24, 2.45) is 0 Å². The predicted molar refractivity (Wildman–Crippen MR) is 106 cm³/mol. The second-order valence-corrected chi connectivity index (χ2v) is 7.17. The molecule has 1 amide bonds. The van der Waals surface area contributed by atoms with Gasteiger partial charge in [-0.3, -0.25) is 4.79 Å². The molecule has 3 heterocycles. The normalized spacial score (nSPS) is 10.9. The highest BCUT2D eigenvalue weighted by molar-refractivity contribution is 7.08. The Balaban J connectivity index is 1.31. The summed E-state index contributed by atoms with van der Waals surface area (Å²) in [6, 6.07) is 11.8. The van der Waals surface area contributed by atoms with Gasteiger partial charge in [-0.25, -0.2) is 4.68 Å². The highest BCUT2D eigenvalue weighted by Gasteiger charge is 2.14. The zero-order valence-electron chi connectivity index (χ0n) is 15.4. The van der Waals surface area contributed by atoms with Gasteiger partial charge in [0.25, 0.3) is 0 Å². The Morgan fingerprint density at radius 3 is 2.86 bits per heavy atom. The molecule has 0 fully saturated rings. The highest BCUT2D eigenvalue weighted by Crippen LogP contribution is 2.21. The lowest BCUT2D eigenvalue weighted by Crippen LogP contribution is -2.26. The molecule has 28 heavy (non-hydrogen) atoms. The minimum absolute atomic E-state index is 0.0164. The molecule has 0 saturated heterocycles. The summed E-state index contributed by atoms with van der Waals surface area (Å²) in [5.74, 6) is 0.980. The van der Waals surface area contributed by atoms with Crippen LogP contribution in [0.1, 0.15) is 17.9 Å². The number of amides is 1. The van der Waals surface area contributed by atoms with Crippen LogP contribution in [0.4, 0.5) is 0 Å². The van der Waals surface area contributed by atoms with Crippen LogP contribution in [0.2, 0.25) is 0 Å². The molecule has 0 atom stereocenters. The molecule has 0 spiro atoms. The molecule has 0 saturated carbocycles. The van der Waals surface area contributed by atoms with Crippen molar-refractivity contribution in [3.05, 3.63) is 71.0 Å². The lowest BCUT2D eigenvalue weighted by Gasteiger charge is -2.15. The monoisotopic (exact) mass is 393 g/mol. The van der Waals surface area contributed by atoms with Crippen molar-refractivity contribution in [1.29, 1.82) is 0 Å². The standard InChI is InChI=1S/C20H19N5O2S/c1-24(12-15-11-21-25(13-15)17-5-3-2-4-6-17)19(26)8-7-18-22-23-20(27-18)16-9-10-28-14-16/h2-6,9-11,13-14H,7-8,12H2,1H3. The van der Waals surface area contributed by atoms with E-state index in [1.807, 2.05) is 53.4 Å². The molecule has 3 aromatic heterocycles. The molecular weight excluding hydrogens is 374 g/mol. The summed E-state index contributed by atoms with van der Waals surface area (Å²) in [7, 11) is 1.78. The van der Waals surface area contributed by atoms with Gasteiger partial charge < -0.3 is 9.32 Å². The Bertz CT molecular complexity index is 1040. The zero-order valence-corrected chi connectivity index (χ0v) is 16.2. The van der Waals surface area contributed by atoms with Gasteiger partial charge in [-0.1, -0.05) is 18.2 Å². The Hall–Kier alpha value is -3.26. The van der Waals surface area contributed by atoms with Crippen molar-refractivity contribution in [3.63, 3.8) is 0 Å². The smallest absolute Gasteiger partial charge is 0.248 e. The van der Waals surface area contributed by atoms with Crippen molar-refractivity contribution in [1.82, 2.24) is 24.9 Å². The fraction of sp³-hybridized carbons (Fsp3) is 0.200. The summed E-state index contributed by atoms with van der Waals surface area (Å²) in [4.78, 5) is 14.1. The topological polar surface area (TPSA) is 77.1 Å². The largest absolute Gasteiger partial charge is 0.421 e. The molecule has 1 aromatic carbocycles. The molecule has 8 heteroatoms. The van der Waals surface area contributed by atoms with Crippen molar-refractivity contribution >= 4 is 17.2 Å². The number of carbonyl (C=O) groups excluding carboxylic acids is 1. The third-order valence-corrected chi connectivity index (χ3v) is 4.97. The average Bonchev–Trinajstić information content (AvgIpc) is 3.47. The van der Waals surface area contributed by atoms with E-state index in [-0.39, 0.29) is 5.91 Å². The van der Waals surface area contributed by atoms with Crippen LogP contribution in [-0.2, 0) is 17.8 Å². The molecule has 0 unspecified atom stereocenters. The van der Waals surface area contributed by atoms with Gasteiger partial charge in [0.1, 0.15) is 0 Å². The van der Waals surface area contributed by atoms with E-state index >= 15 is 0 Å².